The third-order valence-corrected chi connectivity index (χ3v) is 4.02. The highest BCUT2D eigenvalue weighted by molar-refractivity contribution is 7.56. The molecule has 18 heavy (non-hydrogen) atoms. The topological polar surface area (TPSA) is 158 Å². The second kappa shape index (κ2) is 7.84. The fourth-order valence-corrected chi connectivity index (χ4v) is 2.13. The number of rotatable bonds is 4. The molecule has 1 unspecified atom stereocenters. The third-order valence-electron chi connectivity index (χ3n) is 2.06. The molecule has 7 N–H and O–H groups in total. The molecule has 1 aromatic heterocycles. The lowest BCUT2D eigenvalue weighted by Gasteiger charge is -2.20. The maximum Gasteiger partial charge on any atom is 0.320 e. The van der Waals surface area contributed by atoms with Gasteiger partial charge in [0.05, 0.1) is 0 Å². The molecule has 8 nitrogen and oxygen atoms in total. The second-order valence-corrected chi connectivity index (χ2v) is 6.39. The van der Waals surface area contributed by atoms with Gasteiger partial charge in [0.1, 0.15) is 0 Å². The van der Waals surface area contributed by atoms with E-state index in [2.05, 4.69) is 15.0 Å². The van der Waals surface area contributed by atoms with Gasteiger partial charge in [-0.25, -0.2) is 4.98 Å². The quantitative estimate of drug-likeness (QED) is 0.624. The average molecular weight is 276 g/mol. The van der Waals surface area contributed by atoms with Crippen molar-refractivity contribution in [1.82, 2.24) is 9.97 Å². The molecule has 0 aromatic carbocycles. The van der Waals surface area contributed by atoms with E-state index in [0.29, 0.717) is 12.3 Å². The van der Waals surface area contributed by atoms with Gasteiger partial charge in [-0.2, -0.15) is 0 Å². The van der Waals surface area contributed by atoms with E-state index in [-0.39, 0.29) is 17.8 Å². The fraction of sp³-hybridized carbons (Fsp3) is 0.667. The molecule has 104 valence electrons. The van der Waals surface area contributed by atoms with Gasteiger partial charge in [-0.05, 0) is 18.7 Å². The van der Waals surface area contributed by atoms with Crippen molar-refractivity contribution in [3.8, 4) is 0 Å². The SMILES string of the molecule is CCCCP(=O)([O-])CC.Nc1nc(N)[nH+]c(N)n1. The van der Waals surface area contributed by atoms with Crippen molar-refractivity contribution in [3.63, 3.8) is 0 Å². The van der Waals surface area contributed by atoms with Gasteiger partial charge in [-0.15, -0.1) is 0 Å². The van der Waals surface area contributed by atoms with E-state index in [0.717, 1.165) is 12.8 Å². The van der Waals surface area contributed by atoms with Crippen LogP contribution in [0.1, 0.15) is 26.7 Å². The Labute approximate surface area is 106 Å². The van der Waals surface area contributed by atoms with Crippen LogP contribution >= 0.6 is 7.37 Å². The lowest BCUT2D eigenvalue weighted by atomic mass is 10.4. The first-order chi connectivity index (χ1) is 8.30. The number of nitrogen functional groups attached to an aromatic ring is 3. The zero-order valence-electron chi connectivity index (χ0n) is 10.7. The molecule has 0 fully saturated rings. The first kappa shape index (κ1) is 16.6. The lowest BCUT2D eigenvalue weighted by molar-refractivity contribution is -0.350. The minimum atomic E-state index is -2.94. The van der Waals surface area contributed by atoms with Crippen LogP contribution in [-0.4, -0.2) is 22.3 Å². The maximum atomic E-state index is 10.8. The van der Waals surface area contributed by atoms with E-state index in [1.54, 1.807) is 6.92 Å². The molecule has 0 saturated heterocycles. The third kappa shape index (κ3) is 7.81. The molecule has 0 amide bonds. The van der Waals surface area contributed by atoms with E-state index in [4.69, 9.17) is 17.2 Å². The zero-order valence-corrected chi connectivity index (χ0v) is 11.6. The van der Waals surface area contributed by atoms with Gasteiger partial charge in [0.15, 0.2) is 0 Å². The molecule has 0 radical (unpaired) electrons. The van der Waals surface area contributed by atoms with Crippen LogP contribution in [0.25, 0.3) is 0 Å². The first-order valence-corrected chi connectivity index (χ1v) is 7.67. The van der Waals surface area contributed by atoms with Crippen molar-refractivity contribution in [2.24, 2.45) is 0 Å². The van der Waals surface area contributed by atoms with Crippen LogP contribution in [0, 0.1) is 0 Å². The molecule has 1 atom stereocenters. The molecular weight excluding hydrogens is 255 g/mol. The molecule has 0 aliphatic rings. The van der Waals surface area contributed by atoms with E-state index in [9.17, 15) is 9.46 Å². The molecule has 1 aromatic rings. The first-order valence-electron chi connectivity index (χ1n) is 5.67. The van der Waals surface area contributed by atoms with Gasteiger partial charge < -0.3 is 26.7 Å². The molecular formula is C9H21N6O2P. The minimum absolute atomic E-state index is 0.0729. The molecule has 0 saturated carbocycles. The summed E-state index contributed by atoms with van der Waals surface area (Å²) in [5, 5.41) is 0. The summed E-state index contributed by atoms with van der Waals surface area (Å²) in [6.07, 6.45) is 2.48. The Morgan fingerprint density at radius 1 is 1.22 bits per heavy atom. The van der Waals surface area contributed by atoms with Crippen molar-refractivity contribution in [2.45, 2.75) is 26.7 Å². The lowest BCUT2D eigenvalue weighted by Crippen LogP contribution is -2.20. The Bertz CT molecular complexity index is 364. The molecule has 1 heterocycles. The largest absolute Gasteiger partial charge is 0.799 e. The summed E-state index contributed by atoms with van der Waals surface area (Å²) in [6.45, 7) is 3.69. The Balaban J connectivity index is 0.000000321. The number of H-pyrrole nitrogens is 1. The number of aromatic amines is 1. The number of anilines is 3. The Morgan fingerprint density at radius 2 is 1.72 bits per heavy atom. The van der Waals surface area contributed by atoms with Crippen LogP contribution < -0.4 is 27.1 Å². The number of aromatic nitrogens is 3. The highest BCUT2D eigenvalue weighted by Crippen LogP contribution is 2.35. The van der Waals surface area contributed by atoms with Crippen LogP contribution in [0.2, 0.25) is 0 Å². The minimum Gasteiger partial charge on any atom is -0.799 e. The van der Waals surface area contributed by atoms with Crippen molar-refractivity contribution in [3.05, 3.63) is 0 Å². The summed E-state index contributed by atoms with van der Waals surface area (Å²) >= 11 is 0. The second-order valence-electron chi connectivity index (χ2n) is 3.69. The smallest absolute Gasteiger partial charge is 0.320 e. The maximum absolute atomic E-state index is 10.8. The predicted octanol–water partition coefficient (Wildman–Crippen LogP) is -0.518. The van der Waals surface area contributed by atoms with Gasteiger partial charge >= 0.3 is 17.8 Å². The van der Waals surface area contributed by atoms with E-state index >= 15 is 0 Å². The van der Waals surface area contributed by atoms with Crippen LogP contribution in [-0.2, 0) is 4.57 Å². The Morgan fingerprint density at radius 3 is 2.06 bits per heavy atom. The molecule has 0 aliphatic carbocycles. The number of hydrogen-bond acceptors (Lipinski definition) is 7. The van der Waals surface area contributed by atoms with E-state index < -0.39 is 7.37 Å². The van der Waals surface area contributed by atoms with Gasteiger partial charge in [-0.3, -0.25) is 0 Å². The highest BCUT2D eigenvalue weighted by Gasteiger charge is 2.01. The molecule has 0 spiro atoms. The van der Waals surface area contributed by atoms with Crippen LogP contribution in [0.5, 0.6) is 0 Å². The van der Waals surface area contributed by atoms with Crippen molar-refractivity contribution in [1.29, 1.82) is 0 Å². The molecule has 0 bridgehead atoms. The predicted molar refractivity (Wildman–Crippen MR) is 69.7 cm³/mol. The van der Waals surface area contributed by atoms with Crippen molar-refractivity contribution < 1.29 is 14.4 Å². The van der Waals surface area contributed by atoms with Gasteiger partial charge in [0.2, 0.25) is 0 Å². The monoisotopic (exact) mass is 276 g/mol. The standard InChI is InChI=1S/C6H15O2P.C3H6N6/c1-3-5-6-9(7,8)4-2;4-1-7-2(5)9-3(6)8-1/h3-6H2,1-2H3,(H,7,8);(H6,4,5,6,7,8,9). The normalized spacial score (nSPS) is 13.3. The van der Waals surface area contributed by atoms with E-state index in [1.165, 1.54) is 0 Å². The van der Waals surface area contributed by atoms with Gasteiger partial charge in [0, 0.05) is 7.37 Å². The summed E-state index contributed by atoms with van der Waals surface area (Å²) in [4.78, 5) is 20.3. The summed E-state index contributed by atoms with van der Waals surface area (Å²) < 4.78 is 10.8. The van der Waals surface area contributed by atoms with Crippen LogP contribution in [0.15, 0.2) is 0 Å². The summed E-state index contributed by atoms with van der Waals surface area (Å²) in [5.74, 6) is 0.406. The zero-order chi connectivity index (χ0) is 14.2. The Hall–Kier alpha value is -1.40. The van der Waals surface area contributed by atoms with Gasteiger partial charge in [-0.1, -0.05) is 30.2 Å². The van der Waals surface area contributed by atoms with Crippen LogP contribution in [0.3, 0.4) is 0 Å². The number of nitrogens with zero attached hydrogens (tertiary/aromatic N) is 2. The summed E-state index contributed by atoms with van der Waals surface area (Å²) in [6, 6.07) is 0. The van der Waals surface area contributed by atoms with E-state index in [1.807, 2.05) is 6.92 Å². The molecule has 1 rings (SSSR count). The molecule has 0 aliphatic heterocycles. The fourth-order valence-electron chi connectivity index (χ4n) is 1.02. The summed E-state index contributed by atoms with van der Waals surface area (Å²) in [7, 11) is -2.94. The highest BCUT2D eigenvalue weighted by atomic mass is 31.2. The average Bonchev–Trinajstić information content (AvgIpc) is 2.25. The van der Waals surface area contributed by atoms with Crippen molar-refractivity contribution in [2.75, 3.05) is 29.5 Å². The number of hydrogen-bond donors (Lipinski definition) is 3. The number of unbranched alkanes of at least 4 members (excludes halogenated alkanes) is 1. The number of nitrogens with one attached hydrogen (secondary N) is 1. The Kier molecular flexibility index (Phi) is 7.23. The van der Waals surface area contributed by atoms with Crippen LogP contribution in [0.4, 0.5) is 17.8 Å². The van der Waals surface area contributed by atoms with Crippen molar-refractivity contribution >= 4 is 25.2 Å². The molecule has 9 heteroatoms. The number of nitrogens with two attached hydrogens (primary N) is 3. The van der Waals surface area contributed by atoms with Gasteiger partial charge in [0.25, 0.3) is 0 Å². The summed E-state index contributed by atoms with van der Waals surface area (Å²) in [5.41, 5.74) is 15.5.